The number of benzene rings is 1. The van der Waals surface area contributed by atoms with Crippen LogP contribution in [0.25, 0.3) is 10.9 Å². The van der Waals surface area contributed by atoms with E-state index in [1.807, 2.05) is 25.1 Å². The van der Waals surface area contributed by atoms with Gasteiger partial charge in [-0.2, -0.15) is 0 Å². The average Bonchev–Trinajstić information content (AvgIpc) is 2.33. The van der Waals surface area contributed by atoms with Crippen molar-refractivity contribution in [3.8, 4) is 0 Å². The van der Waals surface area contributed by atoms with Gasteiger partial charge in [-0.25, -0.2) is 4.39 Å². The fourth-order valence-electron chi connectivity index (χ4n) is 1.81. The number of hydrogen-bond donors (Lipinski definition) is 2. The Bertz CT molecular complexity index is 554. The van der Waals surface area contributed by atoms with Gasteiger partial charge in [0.05, 0.1) is 11.2 Å². The maximum absolute atomic E-state index is 13.9. The minimum absolute atomic E-state index is 0.363. The highest BCUT2D eigenvalue weighted by Crippen LogP contribution is 2.29. The Hall–Kier alpha value is -1.88. The third-order valence-electron chi connectivity index (χ3n) is 2.74. The molecule has 0 aliphatic heterocycles. The van der Waals surface area contributed by atoms with Crippen molar-refractivity contribution >= 4 is 22.3 Å². The minimum atomic E-state index is -0.363. The van der Waals surface area contributed by atoms with Crippen LogP contribution in [0.1, 0.15) is 0 Å². The summed E-state index contributed by atoms with van der Waals surface area (Å²) in [5.41, 5.74) is 7.19. The van der Waals surface area contributed by atoms with Gasteiger partial charge in [-0.05, 0) is 32.3 Å². The van der Waals surface area contributed by atoms with Crippen molar-refractivity contribution in [1.29, 1.82) is 0 Å². The number of anilines is 2. The van der Waals surface area contributed by atoms with Crippen LogP contribution in [0.3, 0.4) is 0 Å². The van der Waals surface area contributed by atoms with Crippen molar-refractivity contribution in [2.45, 2.75) is 0 Å². The van der Waals surface area contributed by atoms with Crippen LogP contribution in [-0.4, -0.2) is 37.1 Å². The summed E-state index contributed by atoms with van der Waals surface area (Å²) in [4.78, 5) is 6.23. The molecule has 1 aromatic carbocycles. The van der Waals surface area contributed by atoms with Crippen molar-refractivity contribution in [2.24, 2.45) is 0 Å². The fraction of sp³-hybridized carbons (Fsp3) is 0.308. The van der Waals surface area contributed by atoms with Crippen LogP contribution in [0, 0.1) is 5.82 Å². The molecule has 0 fully saturated rings. The molecule has 0 saturated carbocycles. The van der Waals surface area contributed by atoms with E-state index >= 15 is 0 Å². The van der Waals surface area contributed by atoms with E-state index in [0.717, 1.165) is 11.9 Å². The molecule has 5 heteroatoms. The van der Waals surface area contributed by atoms with Gasteiger partial charge in [-0.15, -0.1) is 0 Å². The number of fused-ring (bicyclic) bond motifs is 1. The summed E-state index contributed by atoms with van der Waals surface area (Å²) in [6.07, 6.45) is 1.64. The second-order valence-electron chi connectivity index (χ2n) is 4.45. The summed E-state index contributed by atoms with van der Waals surface area (Å²) in [6, 6.07) is 4.97. The minimum Gasteiger partial charge on any atom is -0.398 e. The highest BCUT2D eigenvalue weighted by molar-refractivity contribution is 5.98. The van der Waals surface area contributed by atoms with E-state index in [9.17, 15) is 4.39 Å². The zero-order valence-corrected chi connectivity index (χ0v) is 10.6. The first-order valence-corrected chi connectivity index (χ1v) is 5.81. The lowest BCUT2D eigenvalue weighted by molar-refractivity contribution is 0.425. The average molecular weight is 248 g/mol. The number of pyridine rings is 1. The molecule has 3 N–H and O–H groups in total. The van der Waals surface area contributed by atoms with E-state index in [1.54, 1.807) is 12.3 Å². The first kappa shape index (κ1) is 12.6. The molecule has 0 spiro atoms. The maximum atomic E-state index is 13.9. The SMILES string of the molecule is CN(C)CCNc1c(F)cc(N)c2cccnc12. The molecule has 0 amide bonds. The maximum Gasteiger partial charge on any atom is 0.150 e. The standard InChI is InChI=1S/C13H17FN4/c1-18(2)7-6-17-13-10(14)8-11(15)9-4-3-5-16-12(9)13/h3-5,8,17H,6-7,15H2,1-2H3. The van der Waals surface area contributed by atoms with Crippen molar-refractivity contribution in [3.63, 3.8) is 0 Å². The largest absolute Gasteiger partial charge is 0.398 e. The molecule has 4 nitrogen and oxygen atoms in total. The fourth-order valence-corrected chi connectivity index (χ4v) is 1.81. The normalized spacial score (nSPS) is 11.1. The van der Waals surface area contributed by atoms with Gasteiger partial charge in [0, 0.05) is 30.4 Å². The molecular formula is C13H17FN4. The molecule has 0 radical (unpaired) electrons. The van der Waals surface area contributed by atoms with Crippen molar-refractivity contribution in [1.82, 2.24) is 9.88 Å². The number of nitrogens with zero attached hydrogens (tertiary/aromatic N) is 2. The lowest BCUT2D eigenvalue weighted by Crippen LogP contribution is -2.21. The number of nitrogen functional groups attached to an aromatic ring is 1. The number of aromatic nitrogens is 1. The summed E-state index contributed by atoms with van der Waals surface area (Å²) in [5, 5.41) is 3.85. The van der Waals surface area contributed by atoms with Crippen molar-refractivity contribution in [2.75, 3.05) is 38.2 Å². The smallest absolute Gasteiger partial charge is 0.150 e. The summed E-state index contributed by atoms with van der Waals surface area (Å²) >= 11 is 0. The summed E-state index contributed by atoms with van der Waals surface area (Å²) in [7, 11) is 3.94. The summed E-state index contributed by atoms with van der Waals surface area (Å²) < 4.78 is 13.9. The number of rotatable bonds is 4. The molecule has 2 aromatic rings. The monoisotopic (exact) mass is 248 g/mol. The Morgan fingerprint density at radius 3 is 2.94 bits per heavy atom. The second-order valence-corrected chi connectivity index (χ2v) is 4.45. The first-order chi connectivity index (χ1) is 8.59. The van der Waals surface area contributed by atoms with Crippen molar-refractivity contribution < 1.29 is 4.39 Å². The van der Waals surface area contributed by atoms with Crippen LogP contribution in [0.2, 0.25) is 0 Å². The van der Waals surface area contributed by atoms with E-state index in [-0.39, 0.29) is 5.82 Å². The first-order valence-electron chi connectivity index (χ1n) is 5.81. The van der Waals surface area contributed by atoms with Gasteiger partial charge < -0.3 is 16.0 Å². The highest BCUT2D eigenvalue weighted by atomic mass is 19.1. The zero-order valence-electron chi connectivity index (χ0n) is 10.6. The molecule has 18 heavy (non-hydrogen) atoms. The topological polar surface area (TPSA) is 54.2 Å². The van der Waals surface area contributed by atoms with Crippen LogP contribution in [-0.2, 0) is 0 Å². The molecule has 0 aliphatic carbocycles. The zero-order chi connectivity index (χ0) is 13.1. The quantitative estimate of drug-likeness (QED) is 0.812. The van der Waals surface area contributed by atoms with Gasteiger partial charge in [0.25, 0.3) is 0 Å². The van der Waals surface area contributed by atoms with Gasteiger partial charge in [0.2, 0.25) is 0 Å². The number of nitrogens with one attached hydrogen (secondary N) is 1. The van der Waals surface area contributed by atoms with E-state index in [1.165, 1.54) is 6.07 Å². The molecule has 96 valence electrons. The van der Waals surface area contributed by atoms with E-state index in [0.29, 0.717) is 23.4 Å². The van der Waals surface area contributed by atoms with Crippen LogP contribution >= 0.6 is 0 Å². The van der Waals surface area contributed by atoms with Gasteiger partial charge in [0.1, 0.15) is 0 Å². The third kappa shape index (κ3) is 2.51. The summed E-state index contributed by atoms with van der Waals surface area (Å²) in [5.74, 6) is -0.363. The van der Waals surface area contributed by atoms with Crippen LogP contribution in [0.15, 0.2) is 24.4 Å². The Kier molecular flexibility index (Phi) is 3.62. The van der Waals surface area contributed by atoms with Crippen LogP contribution in [0.4, 0.5) is 15.8 Å². The van der Waals surface area contributed by atoms with Gasteiger partial charge in [-0.1, -0.05) is 0 Å². The Morgan fingerprint density at radius 2 is 2.22 bits per heavy atom. The van der Waals surface area contributed by atoms with Crippen LogP contribution < -0.4 is 11.1 Å². The lowest BCUT2D eigenvalue weighted by atomic mass is 10.1. The predicted molar refractivity (Wildman–Crippen MR) is 73.2 cm³/mol. The predicted octanol–water partition coefficient (Wildman–Crippen LogP) is 1.93. The van der Waals surface area contributed by atoms with E-state index in [4.69, 9.17) is 5.73 Å². The molecule has 2 rings (SSSR count). The van der Waals surface area contributed by atoms with Gasteiger partial charge >= 0.3 is 0 Å². The number of hydrogen-bond acceptors (Lipinski definition) is 4. The molecule has 1 aromatic heterocycles. The summed E-state index contributed by atoms with van der Waals surface area (Å²) in [6.45, 7) is 1.47. The number of nitrogens with two attached hydrogens (primary N) is 1. The molecule has 0 bridgehead atoms. The van der Waals surface area contributed by atoms with E-state index in [2.05, 4.69) is 10.3 Å². The van der Waals surface area contributed by atoms with Crippen molar-refractivity contribution in [3.05, 3.63) is 30.2 Å². The van der Waals surface area contributed by atoms with E-state index < -0.39 is 0 Å². The Balaban J connectivity index is 2.37. The highest BCUT2D eigenvalue weighted by Gasteiger charge is 2.11. The number of halogens is 1. The lowest BCUT2D eigenvalue weighted by Gasteiger charge is -2.14. The molecule has 0 saturated heterocycles. The molecule has 0 unspecified atom stereocenters. The number of likely N-dealkylation sites (N-methyl/N-ethyl adjacent to an activating group) is 1. The second kappa shape index (κ2) is 5.18. The molecular weight excluding hydrogens is 231 g/mol. The third-order valence-corrected chi connectivity index (χ3v) is 2.74. The Labute approximate surface area is 106 Å². The Morgan fingerprint density at radius 1 is 1.44 bits per heavy atom. The molecule has 1 heterocycles. The van der Waals surface area contributed by atoms with Gasteiger partial charge in [-0.3, -0.25) is 4.98 Å². The van der Waals surface area contributed by atoms with Gasteiger partial charge in [0.15, 0.2) is 5.82 Å². The van der Waals surface area contributed by atoms with Crippen LogP contribution in [0.5, 0.6) is 0 Å². The molecule has 0 atom stereocenters. The molecule has 0 aliphatic rings.